The van der Waals surface area contributed by atoms with Crippen LogP contribution in [0.5, 0.6) is 5.75 Å². The number of amides is 1. The third-order valence-corrected chi connectivity index (χ3v) is 4.80. The summed E-state index contributed by atoms with van der Waals surface area (Å²) in [6, 6.07) is 10.8. The van der Waals surface area contributed by atoms with Crippen molar-refractivity contribution in [2.24, 2.45) is 0 Å². The van der Waals surface area contributed by atoms with E-state index in [1.807, 2.05) is 24.3 Å². The Balaban J connectivity index is 1.77. The predicted octanol–water partition coefficient (Wildman–Crippen LogP) is 3.09. The molecule has 3 rings (SSSR count). The zero-order valence-corrected chi connectivity index (χ0v) is 14.5. The van der Waals surface area contributed by atoms with Gasteiger partial charge in [0.2, 0.25) is 0 Å². The van der Waals surface area contributed by atoms with Gasteiger partial charge in [0, 0.05) is 18.8 Å². The van der Waals surface area contributed by atoms with Crippen molar-refractivity contribution in [1.82, 2.24) is 4.90 Å². The molecule has 0 bridgehead atoms. The number of methoxy groups -OCH3 is 1. The molecule has 1 fully saturated rings. The Labute approximate surface area is 149 Å². The monoisotopic (exact) mass is 359 g/mol. The fraction of sp³-hybridized carbons (Fsp3) is 0.278. The molecule has 0 aliphatic carbocycles. The second kappa shape index (κ2) is 7.57. The van der Waals surface area contributed by atoms with Crippen LogP contribution in [0.15, 0.2) is 36.4 Å². The Bertz CT molecular complexity index is 835. The molecule has 1 saturated heterocycles. The maximum Gasteiger partial charge on any atom is 0.341 e. The van der Waals surface area contributed by atoms with Crippen LogP contribution in [0.4, 0.5) is 4.79 Å². The largest absolute Gasteiger partial charge is 0.465 e. The molecule has 130 valence electrons. The van der Waals surface area contributed by atoms with E-state index in [1.165, 1.54) is 18.9 Å². The van der Waals surface area contributed by atoms with Crippen LogP contribution in [-0.2, 0) is 9.53 Å². The lowest BCUT2D eigenvalue weighted by molar-refractivity contribution is -0.134. The van der Waals surface area contributed by atoms with E-state index in [1.54, 1.807) is 17.0 Å². The zero-order chi connectivity index (χ0) is 17.8. The van der Waals surface area contributed by atoms with E-state index in [2.05, 4.69) is 0 Å². The van der Waals surface area contributed by atoms with Crippen LogP contribution in [0.2, 0.25) is 0 Å². The van der Waals surface area contributed by atoms with E-state index in [0.717, 1.165) is 16.5 Å². The molecule has 0 saturated carbocycles. The first-order valence-corrected chi connectivity index (χ1v) is 8.80. The van der Waals surface area contributed by atoms with Crippen LogP contribution in [0.1, 0.15) is 16.8 Å². The van der Waals surface area contributed by atoms with Gasteiger partial charge in [0.15, 0.2) is 0 Å². The van der Waals surface area contributed by atoms with Gasteiger partial charge in [0.05, 0.1) is 13.5 Å². The van der Waals surface area contributed by atoms with Gasteiger partial charge in [-0.05, 0) is 22.9 Å². The van der Waals surface area contributed by atoms with Gasteiger partial charge in [-0.25, -0.2) is 4.79 Å². The second-order valence-corrected chi connectivity index (χ2v) is 6.56. The van der Waals surface area contributed by atoms with Gasteiger partial charge >= 0.3 is 11.9 Å². The van der Waals surface area contributed by atoms with Crippen molar-refractivity contribution < 1.29 is 23.9 Å². The first kappa shape index (κ1) is 17.3. The molecule has 1 aliphatic heterocycles. The third-order valence-electron chi connectivity index (χ3n) is 3.91. The minimum atomic E-state index is -0.570. The van der Waals surface area contributed by atoms with E-state index in [0.29, 0.717) is 13.1 Å². The van der Waals surface area contributed by atoms with Gasteiger partial charge in [-0.1, -0.05) is 36.0 Å². The number of ether oxygens (including phenoxy) is 2. The fourth-order valence-corrected chi connectivity index (χ4v) is 3.45. The SMILES string of the molecule is COC(=O)c1cc2ccccc2cc1OC(=O)CCN1CCSC1=O. The molecular weight excluding hydrogens is 342 g/mol. The minimum absolute atomic E-state index is 0.0197. The van der Waals surface area contributed by atoms with Gasteiger partial charge in [0.1, 0.15) is 11.3 Å². The van der Waals surface area contributed by atoms with Gasteiger partial charge in [-0.3, -0.25) is 9.59 Å². The third kappa shape index (κ3) is 3.93. The molecule has 0 aromatic heterocycles. The van der Waals surface area contributed by atoms with Crippen molar-refractivity contribution in [3.63, 3.8) is 0 Å². The maximum atomic E-state index is 12.2. The standard InChI is InChI=1S/C18H17NO5S/c1-23-17(21)14-10-12-4-2-3-5-13(12)11-15(14)24-16(20)6-7-19-8-9-25-18(19)22/h2-5,10-11H,6-9H2,1H3. The Morgan fingerprint density at radius 2 is 1.92 bits per heavy atom. The molecule has 0 spiro atoms. The number of nitrogens with zero attached hydrogens (tertiary/aromatic N) is 1. The van der Waals surface area contributed by atoms with E-state index < -0.39 is 11.9 Å². The van der Waals surface area contributed by atoms with Gasteiger partial charge < -0.3 is 14.4 Å². The van der Waals surface area contributed by atoms with Crippen molar-refractivity contribution in [1.29, 1.82) is 0 Å². The summed E-state index contributed by atoms with van der Waals surface area (Å²) in [5, 5.41) is 1.68. The molecule has 1 amide bonds. The van der Waals surface area contributed by atoms with Crippen molar-refractivity contribution >= 4 is 39.7 Å². The lowest BCUT2D eigenvalue weighted by Crippen LogP contribution is -2.27. The van der Waals surface area contributed by atoms with Crippen LogP contribution in [-0.4, -0.2) is 48.0 Å². The summed E-state index contributed by atoms with van der Waals surface area (Å²) in [5.41, 5.74) is 0.197. The molecule has 2 aromatic rings. The fourth-order valence-electron chi connectivity index (χ4n) is 2.60. The summed E-state index contributed by atoms with van der Waals surface area (Å²) in [7, 11) is 1.28. The van der Waals surface area contributed by atoms with Gasteiger partial charge in [-0.2, -0.15) is 0 Å². The summed E-state index contributed by atoms with van der Waals surface area (Å²) in [6.45, 7) is 0.950. The average Bonchev–Trinajstić information content (AvgIpc) is 3.03. The number of hydrogen-bond acceptors (Lipinski definition) is 6. The minimum Gasteiger partial charge on any atom is -0.465 e. The quantitative estimate of drug-likeness (QED) is 0.603. The van der Waals surface area contributed by atoms with Crippen molar-refractivity contribution in [2.75, 3.05) is 26.0 Å². The van der Waals surface area contributed by atoms with Gasteiger partial charge in [0.25, 0.3) is 5.24 Å². The van der Waals surface area contributed by atoms with E-state index in [9.17, 15) is 14.4 Å². The van der Waals surface area contributed by atoms with Crippen LogP contribution in [0.25, 0.3) is 10.8 Å². The molecule has 0 atom stereocenters. The van der Waals surface area contributed by atoms with E-state index >= 15 is 0 Å². The molecule has 25 heavy (non-hydrogen) atoms. The number of thioether (sulfide) groups is 1. The number of esters is 2. The molecule has 1 aliphatic rings. The highest BCUT2D eigenvalue weighted by atomic mass is 32.2. The molecular formula is C18H17NO5S. The Morgan fingerprint density at radius 3 is 2.56 bits per heavy atom. The molecule has 6 nitrogen and oxygen atoms in total. The summed E-state index contributed by atoms with van der Waals surface area (Å²) >= 11 is 1.25. The summed E-state index contributed by atoms with van der Waals surface area (Å²) < 4.78 is 10.2. The summed E-state index contributed by atoms with van der Waals surface area (Å²) in [6.07, 6.45) is 0.0692. The van der Waals surface area contributed by atoms with Crippen molar-refractivity contribution in [2.45, 2.75) is 6.42 Å². The van der Waals surface area contributed by atoms with Crippen LogP contribution in [0, 0.1) is 0 Å². The Hall–Kier alpha value is -2.54. The van der Waals surface area contributed by atoms with Crippen LogP contribution >= 0.6 is 11.8 Å². The zero-order valence-electron chi connectivity index (χ0n) is 13.7. The highest BCUT2D eigenvalue weighted by Crippen LogP contribution is 2.27. The first-order chi connectivity index (χ1) is 12.1. The van der Waals surface area contributed by atoms with E-state index in [4.69, 9.17) is 9.47 Å². The molecule has 7 heteroatoms. The maximum absolute atomic E-state index is 12.2. The Morgan fingerprint density at radius 1 is 1.20 bits per heavy atom. The number of hydrogen-bond donors (Lipinski definition) is 0. The Kier molecular flexibility index (Phi) is 5.23. The highest BCUT2D eigenvalue weighted by Gasteiger charge is 2.23. The molecule has 0 radical (unpaired) electrons. The smallest absolute Gasteiger partial charge is 0.341 e. The van der Waals surface area contributed by atoms with Crippen LogP contribution < -0.4 is 4.74 Å². The second-order valence-electron chi connectivity index (χ2n) is 5.51. The molecule has 0 N–H and O–H groups in total. The molecule has 0 unspecified atom stereocenters. The van der Waals surface area contributed by atoms with E-state index in [-0.39, 0.29) is 23.0 Å². The lowest BCUT2D eigenvalue weighted by atomic mass is 10.1. The van der Waals surface area contributed by atoms with Gasteiger partial charge in [-0.15, -0.1) is 0 Å². The molecule has 1 heterocycles. The number of rotatable bonds is 5. The van der Waals surface area contributed by atoms with Crippen molar-refractivity contribution in [3.8, 4) is 5.75 Å². The number of benzene rings is 2. The number of carbonyl (C=O) groups excluding carboxylic acids is 3. The topological polar surface area (TPSA) is 72.9 Å². The number of fused-ring (bicyclic) bond motifs is 1. The number of carbonyl (C=O) groups is 3. The predicted molar refractivity (Wildman–Crippen MR) is 95.0 cm³/mol. The highest BCUT2D eigenvalue weighted by molar-refractivity contribution is 8.13. The first-order valence-electron chi connectivity index (χ1n) is 7.82. The lowest BCUT2D eigenvalue weighted by Gasteiger charge is -2.14. The van der Waals surface area contributed by atoms with Crippen molar-refractivity contribution in [3.05, 3.63) is 42.0 Å². The molecule has 2 aromatic carbocycles. The normalized spacial score (nSPS) is 14.0. The summed E-state index contributed by atoms with van der Waals surface area (Å²) in [5.74, 6) is -0.159. The summed E-state index contributed by atoms with van der Waals surface area (Å²) in [4.78, 5) is 37.3. The van der Waals surface area contributed by atoms with Crippen LogP contribution in [0.3, 0.4) is 0 Å². The average molecular weight is 359 g/mol.